The van der Waals surface area contributed by atoms with Crippen LogP contribution in [0.4, 0.5) is 0 Å². The molecule has 1 aliphatic rings. The normalized spacial score (nSPS) is 16.7. The van der Waals surface area contributed by atoms with E-state index in [2.05, 4.69) is 26.1 Å². The standard InChI is InChI=1S/C14H17BrClN3OS/c15-9-1-2-12(16)11(7-9)14(20)18-10-3-5-19(6-4-10)8-13(17)21/h1-2,7,10H,3-6,8H2,(H2,17,21)(H,18,20). The predicted molar refractivity (Wildman–Crippen MR) is 92.9 cm³/mol. The monoisotopic (exact) mass is 389 g/mol. The number of rotatable bonds is 4. The number of hydrogen-bond acceptors (Lipinski definition) is 3. The van der Waals surface area contributed by atoms with Crippen molar-refractivity contribution in [1.82, 2.24) is 10.2 Å². The Balaban J connectivity index is 1.90. The van der Waals surface area contributed by atoms with E-state index in [1.54, 1.807) is 12.1 Å². The van der Waals surface area contributed by atoms with Gasteiger partial charge in [-0.05, 0) is 31.0 Å². The van der Waals surface area contributed by atoms with Crippen LogP contribution in [-0.4, -0.2) is 41.5 Å². The highest BCUT2D eigenvalue weighted by atomic mass is 79.9. The van der Waals surface area contributed by atoms with E-state index in [0.29, 0.717) is 22.1 Å². The largest absolute Gasteiger partial charge is 0.392 e. The molecule has 0 unspecified atom stereocenters. The Morgan fingerprint density at radius 3 is 2.76 bits per heavy atom. The molecular weight excluding hydrogens is 374 g/mol. The first kappa shape index (κ1) is 16.7. The van der Waals surface area contributed by atoms with E-state index >= 15 is 0 Å². The number of benzene rings is 1. The van der Waals surface area contributed by atoms with Gasteiger partial charge in [-0.15, -0.1) is 0 Å². The van der Waals surface area contributed by atoms with E-state index in [0.717, 1.165) is 30.4 Å². The Hall–Kier alpha value is -0.690. The fraction of sp³-hybridized carbons (Fsp3) is 0.429. The summed E-state index contributed by atoms with van der Waals surface area (Å²) in [6.07, 6.45) is 1.78. The van der Waals surface area contributed by atoms with Crippen LogP contribution in [0, 0.1) is 0 Å². The van der Waals surface area contributed by atoms with Gasteiger partial charge in [0.1, 0.15) is 0 Å². The fourth-order valence-corrected chi connectivity index (χ4v) is 3.14. The molecule has 1 aromatic carbocycles. The lowest BCUT2D eigenvalue weighted by Gasteiger charge is -2.32. The first-order valence-electron chi connectivity index (χ1n) is 6.72. The fourth-order valence-electron chi connectivity index (χ4n) is 2.39. The molecule has 1 amide bonds. The number of nitrogens with zero attached hydrogens (tertiary/aromatic N) is 1. The lowest BCUT2D eigenvalue weighted by molar-refractivity contribution is 0.0915. The molecule has 1 aliphatic heterocycles. The van der Waals surface area contributed by atoms with Gasteiger partial charge in [-0.1, -0.05) is 39.7 Å². The second kappa shape index (κ2) is 7.54. The quantitative estimate of drug-likeness (QED) is 0.776. The number of nitrogens with two attached hydrogens (primary N) is 1. The van der Waals surface area contributed by atoms with Crippen LogP contribution in [0.2, 0.25) is 5.02 Å². The maximum atomic E-state index is 12.3. The van der Waals surface area contributed by atoms with Crippen LogP contribution in [0.5, 0.6) is 0 Å². The topological polar surface area (TPSA) is 58.4 Å². The van der Waals surface area contributed by atoms with Gasteiger partial charge in [0.25, 0.3) is 5.91 Å². The van der Waals surface area contributed by atoms with E-state index in [1.165, 1.54) is 0 Å². The van der Waals surface area contributed by atoms with Crippen molar-refractivity contribution < 1.29 is 4.79 Å². The summed E-state index contributed by atoms with van der Waals surface area (Å²) in [5, 5.41) is 3.50. The summed E-state index contributed by atoms with van der Waals surface area (Å²) >= 11 is 14.3. The number of likely N-dealkylation sites (tertiary alicyclic amines) is 1. The predicted octanol–water partition coefficient (Wildman–Crippen LogP) is 2.58. The van der Waals surface area contributed by atoms with Gasteiger partial charge in [0.05, 0.1) is 15.6 Å². The lowest BCUT2D eigenvalue weighted by atomic mass is 10.0. The van der Waals surface area contributed by atoms with Crippen LogP contribution in [0.25, 0.3) is 0 Å². The van der Waals surface area contributed by atoms with Crippen LogP contribution >= 0.6 is 39.7 Å². The van der Waals surface area contributed by atoms with Gasteiger partial charge in [0.2, 0.25) is 0 Å². The van der Waals surface area contributed by atoms with Crippen molar-refractivity contribution in [3.63, 3.8) is 0 Å². The highest BCUT2D eigenvalue weighted by Gasteiger charge is 2.22. The average molecular weight is 391 g/mol. The van der Waals surface area contributed by atoms with Crippen LogP contribution < -0.4 is 11.1 Å². The zero-order valence-electron chi connectivity index (χ0n) is 11.4. The van der Waals surface area contributed by atoms with E-state index < -0.39 is 0 Å². The maximum absolute atomic E-state index is 12.3. The SMILES string of the molecule is NC(=S)CN1CCC(NC(=O)c2cc(Br)ccc2Cl)CC1. The number of nitrogens with one attached hydrogen (secondary N) is 1. The molecule has 0 atom stereocenters. The summed E-state index contributed by atoms with van der Waals surface area (Å²) in [4.78, 5) is 15.0. The number of hydrogen-bond donors (Lipinski definition) is 2. The molecule has 0 saturated carbocycles. The van der Waals surface area contributed by atoms with E-state index in [-0.39, 0.29) is 11.9 Å². The van der Waals surface area contributed by atoms with E-state index in [4.69, 9.17) is 29.6 Å². The summed E-state index contributed by atoms with van der Waals surface area (Å²) in [5.41, 5.74) is 6.04. The molecule has 0 aliphatic carbocycles. The number of piperidine rings is 1. The van der Waals surface area contributed by atoms with E-state index in [9.17, 15) is 4.79 Å². The zero-order chi connectivity index (χ0) is 15.4. The van der Waals surface area contributed by atoms with Crippen LogP contribution in [0.15, 0.2) is 22.7 Å². The molecule has 0 aromatic heterocycles. The van der Waals surface area contributed by atoms with Gasteiger partial charge in [-0.25, -0.2) is 0 Å². The highest BCUT2D eigenvalue weighted by molar-refractivity contribution is 9.10. The molecule has 0 spiro atoms. The smallest absolute Gasteiger partial charge is 0.253 e. The van der Waals surface area contributed by atoms with Crippen molar-refractivity contribution in [2.45, 2.75) is 18.9 Å². The molecule has 1 saturated heterocycles. The molecular formula is C14H17BrClN3OS. The van der Waals surface area contributed by atoms with Gasteiger partial charge in [-0.2, -0.15) is 0 Å². The molecule has 3 N–H and O–H groups in total. The number of halogens is 2. The molecule has 7 heteroatoms. The molecule has 1 heterocycles. The number of amides is 1. The number of carbonyl (C=O) groups is 1. The molecule has 0 bridgehead atoms. The Morgan fingerprint density at radius 1 is 1.48 bits per heavy atom. The van der Waals surface area contributed by atoms with Crippen LogP contribution in [-0.2, 0) is 0 Å². The van der Waals surface area contributed by atoms with Crippen molar-refractivity contribution in [1.29, 1.82) is 0 Å². The zero-order valence-corrected chi connectivity index (χ0v) is 14.6. The van der Waals surface area contributed by atoms with Gasteiger partial charge >= 0.3 is 0 Å². The lowest BCUT2D eigenvalue weighted by Crippen LogP contribution is -2.46. The number of thiocarbonyl (C=S) groups is 1. The van der Waals surface area contributed by atoms with E-state index in [1.807, 2.05) is 6.07 Å². The van der Waals surface area contributed by atoms with Gasteiger partial charge < -0.3 is 11.1 Å². The summed E-state index contributed by atoms with van der Waals surface area (Å²) in [5.74, 6) is -0.130. The summed E-state index contributed by atoms with van der Waals surface area (Å²) in [6, 6.07) is 5.42. The Labute approximate surface area is 143 Å². The first-order chi connectivity index (χ1) is 9.95. The highest BCUT2D eigenvalue weighted by Crippen LogP contribution is 2.21. The van der Waals surface area contributed by atoms with Crippen molar-refractivity contribution in [3.05, 3.63) is 33.3 Å². The molecule has 1 fully saturated rings. The Kier molecular flexibility index (Phi) is 5.98. The van der Waals surface area contributed by atoms with Crippen LogP contribution in [0.3, 0.4) is 0 Å². The third kappa shape index (κ3) is 4.92. The van der Waals surface area contributed by atoms with Crippen LogP contribution in [0.1, 0.15) is 23.2 Å². The minimum Gasteiger partial charge on any atom is -0.392 e. The third-order valence-electron chi connectivity index (χ3n) is 3.48. The average Bonchev–Trinajstić information content (AvgIpc) is 2.43. The van der Waals surface area contributed by atoms with Crippen molar-refractivity contribution in [2.75, 3.05) is 19.6 Å². The first-order valence-corrected chi connectivity index (χ1v) is 8.30. The van der Waals surface area contributed by atoms with Crippen molar-refractivity contribution >= 4 is 50.6 Å². The molecule has 4 nitrogen and oxygen atoms in total. The molecule has 114 valence electrons. The Bertz CT molecular complexity index is 547. The summed E-state index contributed by atoms with van der Waals surface area (Å²) in [7, 11) is 0. The second-order valence-electron chi connectivity index (χ2n) is 5.11. The van der Waals surface area contributed by atoms with Gasteiger partial charge in [0, 0.05) is 30.1 Å². The number of carbonyl (C=O) groups excluding carboxylic acids is 1. The summed E-state index contributed by atoms with van der Waals surface area (Å²) < 4.78 is 0.836. The van der Waals surface area contributed by atoms with Crippen molar-refractivity contribution in [2.24, 2.45) is 5.73 Å². The molecule has 2 rings (SSSR count). The maximum Gasteiger partial charge on any atom is 0.253 e. The third-order valence-corrected chi connectivity index (χ3v) is 4.43. The summed E-state index contributed by atoms with van der Waals surface area (Å²) in [6.45, 7) is 2.41. The van der Waals surface area contributed by atoms with Gasteiger partial charge in [-0.3, -0.25) is 9.69 Å². The molecule has 1 aromatic rings. The molecule has 21 heavy (non-hydrogen) atoms. The van der Waals surface area contributed by atoms with Gasteiger partial charge in [0.15, 0.2) is 0 Å². The Morgan fingerprint density at radius 2 is 2.14 bits per heavy atom. The van der Waals surface area contributed by atoms with Crippen molar-refractivity contribution in [3.8, 4) is 0 Å². The minimum atomic E-state index is -0.130. The molecule has 0 radical (unpaired) electrons. The minimum absolute atomic E-state index is 0.130. The second-order valence-corrected chi connectivity index (χ2v) is 6.96.